The number of hydrogen-bond acceptors (Lipinski definition) is 6. The van der Waals surface area contributed by atoms with Gasteiger partial charge in [0.1, 0.15) is 11.5 Å². The minimum absolute atomic E-state index is 0.208. The summed E-state index contributed by atoms with van der Waals surface area (Å²) in [5.41, 5.74) is 4.07. The molecule has 1 aromatic heterocycles. The zero-order chi connectivity index (χ0) is 25.1. The molecule has 8 heteroatoms. The number of urea groups is 1. The number of aromatic nitrogens is 2. The Morgan fingerprint density at radius 2 is 1.67 bits per heavy atom. The van der Waals surface area contributed by atoms with Crippen molar-refractivity contribution in [2.75, 3.05) is 14.2 Å². The van der Waals surface area contributed by atoms with E-state index < -0.39 is 6.04 Å². The van der Waals surface area contributed by atoms with E-state index >= 15 is 0 Å². The van der Waals surface area contributed by atoms with Crippen molar-refractivity contribution in [2.24, 2.45) is 0 Å². The number of nitrogens with zero attached hydrogens (tertiary/aromatic N) is 3. The fraction of sp³-hybridized carbons (Fsp3) is 0.179. The van der Waals surface area contributed by atoms with Gasteiger partial charge in [0.15, 0.2) is 0 Å². The van der Waals surface area contributed by atoms with Crippen LogP contribution in [0.25, 0.3) is 17.0 Å². The van der Waals surface area contributed by atoms with Crippen molar-refractivity contribution in [3.05, 3.63) is 102 Å². The highest BCUT2D eigenvalue weighted by Crippen LogP contribution is 2.38. The molecule has 0 saturated carbocycles. The molecule has 1 unspecified atom stereocenters. The van der Waals surface area contributed by atoms with Crippen LogP contribution in [0.3, 0.4) is 0 Å². The fourth-order valence-electron chi connectivity index (χ4n) is 4.30. The molecule has 182 valence electrons. The first-order valence-electron chi connectivity index (χ1n) is 11.5. The number of hydrogen-bond donors (Lipinski definition) is 1. The van der Waals surface area contributed by atoms with Crippen LogP contribution in [0.4, 0.5) is 4.79 Å². The Hall–Kier alpha value is -4.59. The van der Waals surface area contributed by atoms with E-state index in [4.69, 9.17) is 19.0 Å². The van der Waals surface area contributed by atoms with E-state index in [9.17, 15) is 4.79 Å². The number of methoxy groups -OCH3 is 2. The second kappa shape index (κ2) is 9.95. The van der Waals surface area contributed by atoms with E-state index in [2.05, 4.69) is 10.5 Å². The molecule has 1 aliphatic heterocycles. The lowest BCUT2D eigenvalue weighted by atomic mass is 9.94. The molecule has 8 nitrogen and oxygen atoms in total. The van der Waals surface area contributed by atoms with Crippen molar-refractivity contribution in [1.82, 2.24) is 20.4 Å². The molecule has 3 aromatic carbocycles. The van der Waals surface area contributed by atoms with Gasteiger partial charge in [-0.25, -0.2) is 4.79 Å². The van der Waals surface area contributed by atoms with Gasteiger partial charge in [0.2, 0.25) is 5.82 Å². The number of carbonyl (C=O) groups excluding carboxylic acids is 1. The van der Waals surface area contributed by atoms with E-state index in [-0.39, 0.29) is 6.03 Å². The summed E-state index contributed by atoms with van der Waals surface area (Å²) in [5.74, 6) is 2.15. The molecular weight excluding hydrogens is 456 g/mol. The van der Waals surface area contributed by atoms with Gasteiger partial charge in [-0.2, -0.15) is 4.98 Å². The Bertz CT molecular complexity index is 1410. The summed E-state index contributed by atoms with van der Waals surface area (Å²) in [6, 6.07) is 24.2. The number of ether oxygens (including phenoxy) is 2. The molecule has 0 bridgehead atoms. The molecule has 0 radical (unpaired) electrons. The van der Waals surface area contributed by atoms with Crippen molar-refractivity contribution >= 4 is 11.6 Å². The molecule has 0 spiro atoms. The summed E-state index contributed by atoms with van der Waals surface area (Å²) in [6.45, 7) is 2.31. The standard InChI is InChI=1S/C28H26N4O4/c1-18-24(27-30-26(31-36-27)21-12-8-14-23(16-21)35-3)25(20-11-7-13-22(15-20)34-2)29-28(33)32(18)17-19-9-5-4-6-10-19/h4-16,25H,17H2,1-3H3,(H,29,33). The first kappa shape index (κ1) is 23.2. The average molecular weight is 483 g/mol. The summed E-state index contributed by atoms with van der Waals surface area (Å²) in [6.07, 6.45) is 0. The van der Waals surface area contributed by atoms with Crippen molar-refractivity contribution in [3.63, 3.8) is 0 Å². The van der Waals surface area contributed by atoms with Gasteiger partial charge in [-0.1, -0.05) is 59.8 Å². The van der Waals surface area contributed by atoms with Crippen LogP contribution in [0.15, 0.2) is 89.1 Å². The topological polar surface area (TPSA) is 89.7 Å². The van der Waals surface area contributed by atoms with Crippen molar-refractivity contribution in [3.8, 4) is 22.9 Å². The minimum atomic E-state index is -0.502. The van der Waals surface area contributed by atoms with Crippen LogP contribution in [0.1, 0.15) is 30.0 Å². The second-order valence-corrected chi connectivity index (χ2v) is 8.39. The fourth-order valence-corrected chi connectivity index (χ4v) is 4.30. The number of allylic oxidation sites excluding steroid dienone is 1. The van der Waals surface area contributed by atoms with Crippen LogP contribution in [0.5, 0.6) is 11.5 Å². The van der Waals surface area contributed by atoms with Gasteiger partial charge in [0, 0.05) is 11.3 Å². The number of amides is 2. The maximum Gasteiger partial charge on any atom is 0.322 e. The smallest absolute Gasteiger partial charge is 0.322 e. The lowest BCUT2D eigenvalue weighted by Gasteiger charge is -2.35. The van der Waals surface area contributed by atoms with Gasteiger partial charge in [-0.05, 0) is 42.3 Å². The quantitative estimate of drug-likeness (QED) is 0.377. The van der Waals surface area contributed by atoms with Crippen LogP contribution in [0, 0.1) is 0 Å². The summed E-state index contributed by atoms with van der Waals surface area (Å²) < 4.78 is 16.5. The molecular formula is C28H26N4O4. The molecule has 4 aromatic rings. The predicted octanol–water partition coefficient (Wildman–Crippen LogP) is 5.45. The average Bonchev–Trinajstić information content (AvgIpc) is 3.41. The molecule has 1 atom stereocenters. The molecule has 2 heterocycles. The van der Waals surface area contributed by atoms with Gasteiger partial charge < -0.3 is 19.3 Å². The lowest BCUT2D eigenvalue weighted by molar-refractivity contribution is 0.203. The number of carbonyl (C=O) groups is 1. The largest absolute Gasteiger partial charge is 0.497 e. The third-order valence-corrected chi connectivity index (χ3v) is 6.19. The Balaban J connectivity index is 1.60. The first-order valence-corrected chi connectivity index (χ1v) is 11.5. The van der Waals surface area contributed by atoms with Gasteiger partial charge >= 0.3 is 6.03 Å². The van der Waals surface area contributed by atoms with Crippen LogP contribution in [-0.2, 0) is 6.54 Å². The summed E-state index contributed by atoms with van der Waals surface area (Å²) in [4.78, 5) is 19.7. The summed E-state index contributed by atoms with van der Waals surface area (Å²) >= 11 is 0. The predicted molar refractivity (Wildman–Crippen MR) is 135 cm³/mol. The van der Waals surface area contributed by atoms with E-state index in [1.54, 1.807) is 19.1 Å². The van der Waals surface area contributed by atoms with Crippen LogP contribution in [0.2, 0.25) is 0 Å². The van der Waals surface area contributed by atoms with Crippen LogP contribution in [-0.4, -0.2) is 35.3 Å². The van der Waals surface area contributed by atoms with E-state index in [1.165, 1.54) is 0 Å². The summed E-state index contributed by atoms with van der Waals surface area (Å²) in [7, 11) is 3.22. The van der Waals surface area contributed by atoms with Crippen molar-refractivity contribution in [1.29, 1.82) is 0 Å². The molecule has 1 N–H and O–H groups in total. The Morgan fingerprint density at radius 3 is 2.42 bits per heavy atom. The normalized spacial score (nSPS) is 15.6. The molecule has 0 aliphatic carbocycles. The van der Waals surface area contributed by atoms with Crippen LogP contribution >= 0.6 is 0 Å². The molecule has 1 aliphatic rings. The van der Waals surface area contributed by atoms with Crippen LogP contribution < -0.4 is 14.8 Å². The zero-order valence-electron chi connectivity index (χ0n) is 20.3. The zero-order valence-corrected chi connectivity index (χ0v) is 20.3. The Kier molecular flexibility index (Phi) is 6.40. The van der Waals surface area contributed by atoms with Crippen molar-refractivity contribution < 1.29 is 18.8 Å². The first-order chi connectivity index (χ1) is 17.6. The highest BCUT2D eigenvalue weighted by Gasteiger charge is 2.36. The van der Waals surface area contributed by atoms with Gasteiger partial charge in [0.25, 0.3) is 5.89 Å². The highest BCUT2D eigenvalue weighted by molar-refractivity contribution is 5.87. The van der Waals surface area contributed by atoms with E-state index in [0.717, 1.165) is 28.0 Å². The Morgan fingerprint density at radius 1 is 0.944 bits per heavy atom. The molecule has 0 fully saturated rings. The monoisotopic (exact) mass is 482 g/mol. The maximum absolute atomic E-state index is 13.3. The molecule has 36 heavy (non-hydrogen) atoms. The summed E-state index contributed by atoms with van der Waals surface area (Å²) in [5, 5.41) is 7.36. The SMILES string of the molecule is COc1cccc(-c2noc(C3=C(C)N(Cc4ccccc4)C(=O)NC3c3cccc(OC)c3)n2)c1. The van der Waals surface area contributed by atoms with Gasteiger partial charge in [-0.3, -0.25) is 4.90 Å². The van der Waals surface area contributed by atoms with Gasteiger partial charge in [0.05, 0.1) is 32.4 Å². The molecule has 2 amide bonds. The van der Waals surface area contributed by atoms with E-state index in [0.29, 0.717) is 29.8 Å². The van der Waals surface area contributed by atoms with Crippen molar-refractivity contribution in [2.45, 2.75) is 19.5 Å². The number of rotatable bonds is 7. The van der Waals surface area contributed by atoms with Gasteiger partial charge in [-0.15, -0.1) is 0 Å². The third kappa shape index (κ3) is 4.53. The minimum Gasteiger partial charge on any atom is -0.497 e. The molecule has 5 rings (SSSR count). The lowest BCUT2D eigenvalue weighted by Crippen LogP contribution is -2.45. The number of nitrogens with one attached hydrogen (secondary N) is 1. The van der Waals surface area contributed by atoms with E-state index in [1.807, 2.05) is 85.8 Å². The maximum atomic E-state index is 13.3. The molecule has 0 saturated heterocycles. The second-order valence-electron chi connectivity index (χ2n) is 8.39. The Labute approximate surface area is 209 Å². The number of benzene rings is 3. The highest BCUT2D eigenvalue weighted by atomic mass is 16.5. The third-order valence-electron chi connectivity index (χ3n) is 6.19.